The Kier molecular flexibility index (Phi) is 5.14. The SMILES string of the molecule is Cc1ccc(-c2ccsc2C(=O)OCC(=O)N2CC(=O)Nc3ccccc32)cc1. The molecule has 4 rings (SSSR count). The number of nitrogens with zero attached hydrogens (tertiary/aromatic N) is 1. The summed E-state index contributed by atoms with van der Waals surface area (Å²) in [4.78, 5) is 38.9. The fourth-order valence-corrected chi connectivity index (χ4v) is 3.96. The zero-order chi connectivity index (χ0) is 20.4. The number of amides is 2. The summed E-state index contributed by atoms with van der Waals surface area (Å²) in [5.74, 6) is -1.30. The molecular formula is C22H18N2O4S. The standard InChI is InChI=1S/C22H18N2O4S/c1-14-6-8-15(9-7-14)16-10-11-29-21(16)22(27)28-13-20(26)24-12-19(25)23-17-4-2-3-5-18(17)24/h2-11H,12-13H2,1H3,(H,23,25). The maximum Gasteiger partial charge on any atom is 0.349 e. The Labute approximate surface area is 171 Å². The van der Waals surface area contributed by atoms with Crippen molar-refractivity contribution in [3.63, 3.8) is 0 Å². The van der Waals surface area contributed by atoms with Gasteiger partial charge in [-0.05, 0) is 36.1 Å². The summed E-state index contributed by atoms with van der Waals surface area (Å²) in [5.41, 5.74) is 3.96. The lowest BCUT2D eigenvalue weighted by atomic mass is 10.1. The molecule has 1 aliphatic heterocycles. The summed E-state index contributed by atoms with van der Waals surface area (Å²) in [7, 11) is 0. The van der Waals surface area contributed by atoms with E-state index in [0.717, 1.165) is 16.7 Å². The maximum atomic E-state index is 12.6. The van der Waals surface area contributed by atoms with Crippen molar-refractivity contribution in [3.05, 3.63) is 70.4 Å². The Balaban J connectivity index is 1.47. The van der Waals surface area contributed by atoms with Gasteiger partial charge >= 0.3 is 5.97 Å². The van der Waals surface area contributed by atoms with Crippen LogP contribution in [-0.2, 0) is 14.3 Å². The Morgan fingerprint density at radius 2 is 1.86 bits per heavy atom. The summed E-state index contributed by atoms with van der Waals surface area (Å²) < 4.78 is 5.29. The molecule has 1 aliphatic rings. The van der Waals surface area contributed by atoms with Gasteiger partial charge < -0.3 is 10.1 Å². The summed E-state index contributed by atoms with van der Waals surface area (Å²) in [6.45, 7) is 1.45. The molecule has 0 unspecified atom stereocenters. The van der Waals surface area contributed by atoms with Gasteiger partial charge in [-0.15, -0.1) is 11.3 Å². The number of benzene rings is 2. The molecule has 0 saturated heterocycles. The van der Waals surface area contributed by atoms with Gasteiger partial charge in [0.15, 0.2) is 6.61 Å². The van der Waals surface area contributed by atoms with Crippen molar-refractivity contribution in [2.24, 2.45) is 0 Å². The lowest BCUT2D eigenvalue weighted by Crippen LogP contribution is -2.44. The highest BCUT2D eigenvalue weighted by molar-refractivity contribution is 7.12. The number of esters is 1. The third-order valence-electron chi connectivity index (χ3n) is 4.61. The first kappa shape index (κ1) is 18.9. The van der Waals surface area contributed by atoms with Crippen molar-refractivity contribution in [1.29, 1.82) is 0 Å². The van der Waals surface area contributed by atoms with Crippen LogP contribution in [0.4, 0.5) is 11.4 Å². The number of thiophene rings is 1. The zero-order valence-electron chi connectivity index (χ0n) is 15.7. The van der Waals surface area contributed by atoms with E-state index in [-0.39, 0.29) is 12.5 Å². The van der Waals surface area contributed by atoms with Crippen molar-refractivity contribution in [2.45, 2.75) is 6.92 Å². The summed E-state index contributed by atoms with van der Waals surface area (Å²) in [6.07, 6.45) is 0. The van der Waals surface area contributed by atoms with Gasteiger partial charge in [-0.3, -0.25) is 14.5 Å². The molecule has 2 aromatic carbocycles. The number of nitrogens with one attached hydrogen (secondary N) is 1. The average molecular weight is 406 g/mol. The van der Waals surface area contributed by atoms with Crippen molar-refractivity contribution in [3.8, 4) is 11.1 Å². The second kappa shape index (κ2) is 7.89. The van der Waals surface area contributed by atoms with Gasteiger partial charge in [-0.1, -0.05) is 42.0 Å². The molecule has 3 aromatic rings. The number of fused-ring (bicyclic) bond motifs is 1. The summed E-state index contributed by atoms with van der Waals surface area (Å²) >= 11 is 1.27. The molecule has 0 aliphatic carbocycles. The topological polar surface area (TPSA) is 75.7 Å². The first-order valence-electron chi connectivity index (χ1n) is 9.04. The zero-order valence-corrected chi connectivity index (χ0v) is 16.5. The smallest absolute Gasteiger partial charge is 0.349 e. The van der Waals surface area contributed by atoms with E-state index in [1.807, 2.05) is 42.6 Å². The van der Waals surface area contributed by atoms with Gasteiger partial charge in [-0.25, -0.2) is 4.79 Å². The van der Waals surface area contributed by atoms with E-state index in [4.69, 9.17) is 4.74 Å². The Bertz CT molecular complexity index is 1090. The molecule has 0 spiro atoms. The third kappa shape index (κ3) is 3.90. The van der Waals surface area contributed by atoms with E-state index in [2.05, 4.69) is 5.32 Å². The van der Waals surface area contributed by atoms with Crippen LogP contribution in [0.25, 0.3) is 11.1 Å². The van der Waals surface area contributed by atoms with Gasteiger partial charge in [0, 0.05) is 5.56 Å². The van der Waals surface area contributed by atoms with Crippen LogP contribution in [0.3, 0.4) is 0 Å². The average Bonchev–Trinajstić information content (AvgIpc) is 3.21. The highest BCUT2D eigenvalue weighted by Gasteiger charge is 2.27. The van der Waals surface area contributed by atoms with E-state index in [1.165, 1.54) is 16.2 Å². The van der Waals surface area contributed by atoms with Gasteiger partial charge in [0.05, 0.1) is 11.4 Å². The first-order valence-corrected chi connectivity index (χ1v) is 9.92. The normalized spacial score (nSPS) is 12.9. The van der Waals surface area contributed by atoms with Crippen LogP contribution < -0.4 is 10.2 Å². The molecule has 0 bridgehead atoms. The van der Waals surface area contributed by atoms with Crippen LogP contribution in [0.5, 0.6) is 0 Å². The Morgan fingerprint density at radius 1 is 1.10 bits per heavy atom. The van der Waals surface area contributed by atoms with Crippen LogP contribution in [0.2, 0.25) is 0 Å². The number of hydrogen-bond donors (Lipinski definition) is 1. The summed E-state index contributed by atoms with van der Waals surface area (Å²) in [5, 5.41) is 4.54. The molecule has 0 atom stereocenters. The van der Waals surface area contributed by atoms with E-state index < -0.39 is 18.5 Å². The molecule has 1 N–H and O–H groups in total. The molecule has 146 valence electrons. The number of para-hydroxylation sites is 2. The molecule has 1 aromatic heterocycles. The molecule has 0 radical (unpaired) electrons. The number of anilines is 2. The van der Waals surface area contributed by atoms with Gasteiger partial charge in [0.2, 0.25) is 5.91 Å². The number of ether oxygens (including phenoxy) is 1. The molecule has 29 heavy (non-hydrogen) atoms. The van der Waals surface area contributed by atoms with E-state index >= 15 is 0 Å². The molecule has 2 heterocycles. The lowest BCUT2D eigenvalue weighted by molar-refractivity contribution is -0.124. The quantitative estimate of drug-likeness (QED) is 0.668. The van der Waals surface area contributed by atoms with Crippen LogP contribution in [0, 0.1) is 6.92 Å². The molecule has 0 saturated carbocycles. The van der Waals surface area contributed by atoms with E-state index in [1.54, 1.807) is 24.3 Å². The van der Waals surface area contributed by atoms with E-state index in [0.29, 0.717) is 16.3 Å². The predicted molar refractivity (Wildman–Crippen MR) is 112 cm³/mol. The summed E-state index contributed by atoms with van der Waals surface area (Å²) in [6, 6.07) is 16.7. The highest BCUT2D eigenvalue weighted by atomic mass is 32.1. The van der Waals surface area contributed by atoms with Crippen LogP contribution in [-0.4, -0.2) is 30.9 Å². The fraction of sp³-hybridized carbons (Fsp3) is 0.136. The minimum atomic E-state index is -0.557. The predicted octanol–water partition coefficient (Wildman–Crippen LogP) is 3.87. The molecule has 6 nitrogen and oxygen atoms in total. The number of carbonyl (C=O) groups excluding carboxylic acids is 3. The number of hydrogen-bond acceptors (Lipinski definition) is 5. The molecule has 2 amide bonds. The van der Waals surface area contributed by atoms with Gasteiger partial charge in [0.1, 0.15) is 11.4 Å². The van der Waals surface area contributed by atoms with Gasteiger partial charge in [-0.2, -0.15) is 0 Å². The lowest BCUT2D eigenvalue weighted by Gasteiger charge is -2.28. The van der Waals surface area contributed by atoms with Crippen molar-refractivity contribution in [2.75, 3.05) is 23.4 Å². The second-order valence-corrected chi connectivity index (χ2v) is 7.57. The molecular weight excluding hydrogens is 388 g/mol. The molecule has 0 fully saturated rings. The van der Waals surface area contributed by atoms with Crippen LogP contribution in [0.1, 0.15) is 15.2 Å². The number of carbonyl (C=O) groups is 3. The van der Waals surface area contributed by atoms with E-state index in [9.17, 15) is 14.4 Å². The second-order valence-electron chi connectivity index (χ2n) is 6.65. The monoisotopic (exact) mass is 406 g/mol. The molecule has 7 heteroatoms. The Hall–Kier alpha value is -3.45. The number of aryl methyl sites for hydroxylation is 1. The largest absolute Gasteiger partial charge is 0.451 e. The van der Waals surface area contributed by atoms with Crippen molar-refractivity contribution in [1.82, 2.24) is 0 Å². The van der Waals surface area contributed by atoms with Crippen molar-refractivity contribution >= 4 is 40.5 Å². The first-order chi connectivity index (χ1) is 14.0. The van der Waals surface area contributed by atoms with Crippen LogP contribution in [0.15, 0.2) is 60.0 Å². The third-order valence-corrected chi connectivity index (χ3v) is 5.51. The van der Waals surface area contributed by atoms with Gasteiger partial charge in [0.25, 0.3) is 5.91 Å². The Morgan fingerprint density at radius 3 is 2.66 bits per heavy atom. The van der Waals surface area contributed by atoms with Crippen LogP contribution >= 0.6 is 11.3 Å². The highest BCUT2D eigenvalue weighted by Crippen LogP contribution is 2.30. The number of rotatable bonds is 4. The fourth-order valence-electron chi connectivity index (χ4n) is 3.15. The minimum absolute atomic E-state index is 0.110. The maximum absolute atomic E-state index is 12.6. The van der Waals surface area contributed by atoms with Crippen molar-refractivity contribution < 1.29 is 19.1 Å². The minimum Gasteiger partial charge on any atom is -0.451 e.